The van der Waals surface area contributed by atoms with E-state index in [9.17, 15) is 4.79 Å². The molecule has 4 aromatic rings. The molecule has 146 valence electrons. The third-order valence-corrected chi connectivity index (χ3v) is 6.81. The number of thiazole rings is 1. The normalized spacial score (nSPS) is 11.0. The quantitative estimate of drug-likeness (QED) is 0.380. The smallest absolute Gasteiger partial charge is 0.239 e. The molecule has 0 saturated carbocycles. The zero-order chi connectivity index (χ0) is 20.2. The number of aromatic nitrogens is 2. The fourth-order valence-electron chi connectivity index (χ4n) is 3.01. The molecule has 0 aliphatic carbocycles. The standard InChI is InChI=1S/C23H21N3OS2/c1-16-10-11-20-22(17(16)2)25-23(29-20)26(14-18-7-6-12-24-13-18)21(27)15-28-19-8-4-3-5-9-19/h3-13H,14-15H2,1-2H3. The van der Waals surface area contributed by atoms with Crippen LogP contribution in [0.4, 0.5) is 5.13 Å². The minimum atomic E-state index is 0.0381. The molecule has 0 radical (unpaired) electrons. The number of amides is 1. The molecule has 0 bridgehead atoms. The Hall–Kier alpha value is -2.70. The second-order valence-electron chi connectivity index (χ2n) is 6.79. The summed E-state index contributed by atoms with van der Waals surface area (Å²) in [6.45, 7) is 4.63. The third kappa shape index (κ3) is 4.49. The molecule has 29 heavy (non-hydrogen) atoms. The lowest BCUT2D eigenvalue weighted by atomic mass is 10.1. The highest BCUT2D eigenvalue weighted by molar-refractivity contribution is 8.00. The van der Waals surface area contributed by atoms with Crippen LogP contribution in [0.5, 0.6) is 0 Å². The molecule has 0 atom stereocenters. The number of hydrogen-bond donors (Lipinski definition) is 0. The van der Waals surface area contributed by atoms with Gasteiger partial charge in [-0.2, -0.15) is 0 Å². The molecule has 4 nitrogen and oxygen atoms in total. The molecule has 1 amide bonds. The maximum absolute atomic E-state index is 13.2. The van der Waals surface area contributed by atoms with E-state index in [2.05, 4.69) is 31.0 Å². The Kier molecular flexibility index (Phi) is 5.92. The van der Waals surface area contributed by atoms with Crippen molar-refractivity contribution < 1.29 is 4.79 Å². The SMILES string of the molecule is Cc1ccc2sc(N(Cc3cccnc3)C(=O)CSc3ccccc3)nc2c1C. The van der Waals surface area contributed by atoms with Gasteiger partial charge in [-0.05, 0) is 54.8 Å². The molecule has 2 aromatic heterocycles. The monoisotopic (exact) mass is 419 g/mol. The molecular formula is C23H21N3OS2. The maximum atomic E-state index is 13.2. The van der Waals surface area contributed by atoms with E-state index >= 15 is 0 Å². The summed E-state index contributed by atoms with van der Waals surface area (Å²) in [5, 5.41) is 0.733. The number of carbonyl (C=O) groups excluding carboxylic acids is 1. The van der Waals surface area contributed by atoms with Gasteiger partial charge in [-0.1, -0.05) is 41.7 Å². The lowest BCUT2D eigenvalue weighted by Gasteiger charge is -2.19. The van der Waals surface area contributed by atoms with Crippen LogP contribution < -0.4 is 4.90 Å². The molecule has 0 aliphatic heterocycles. The number of carbonyl (C=O) groups is 1. The van der Waals surface area contributed by atoms with Crippen LogP contribution in [0.25, 0.3) is 10.2 Å². The van der Waals surface area contributed by atoms with E-state index in [1.165, 1.54) is 5.56 Å². The number of hydrogen-bond acceptors (Lipinski definition) is 5. The Morgan fingerprint density at radius 1 is 1.07 bits per heavy atom. The number of fused-ring (bicyclic) bond motifs is 1. The van der Waals surface area contributed by atoms with Crippen molar-refractivity contribution in [1.29, 1.82) is 0 Å². The molecule has 0 fully saturated rings. The summed E-state index contributed by atoms with van der Waals surface area (Å²) in [6.07, 6.45) is 3.54. The van der Waals surface area contributed by atoms with E-state index in [1.54, 1.807) is 40.4 Å². The molecule has 2 aromatic carbocycles. The summed E-state index contributed by atoms with van der Waals surface area (Å²) < 4.78 is 1.10. The number of aryl methyl sites for hydroxylation is 2. The number of benzene rings is 2. The van der Waals surface area contributed by atoms with E-state index in [1.807, 2.05) is 42.5 Å². The zero-order valence-electron chi connectivity index (χ0n) is 16.3. The first-order chi connectivity index (χ1) is 14.1. The van der Waals surface area contributed by atoms with Crippen LogP contribution in [0.3, 0.4) is 0 Å². The Balaban J connectivity index is 1.64. The fraction of sp³-hybridized carbons (Fsp3) is 0.174. The molecule has 0 N–H and O–H groups in total. The number of pyridine rings is 1. The topological polar surface area (TPSA) is 46.1 Å². The number of nitrogens with zero attached hydrogens (tertiary/aromatic N) is 3. The van der Waals surface area contributed by atoms with Gasteiger partial charge in [0.2, 0.25) is 5.91 Å². The van der Waals surface area contributed by atoms with Crippen LogP contribution >= 0.6 is 23.1 Å². The summed E-state index contributed by atoms with van der Waals surface area (Å²) in [4.78, 5) is 25.1. The van der Waals surface area contributed by atoms with Gasteiger partial charge in [0.05, 0.1) is 22.5 Å². The first-order valence-electron chi connectivity index (χ1n) is 9.35. The van der Waals surface area contributed by atoms with Crippen molar-refractivity contribution in [2.45, 2.75) is 25.3 Å². The number of anilines is 1. The van der Waals surface area contributed by atoms with Gasteiger partial charge in [-0.25, -0.2) is 4.98 Å². The molecule has 2 heterocycles. The predicted octanol–water partition coefficient (Wildman–Crippen LogP) is 5.63. The Morgan fingerprint density at radius 3 is 2.66 bits per heavy atom. The summed E-state index contributed by atoms with van der Waals surface area (Å²) in [7, 11) is 0. The highest BCUT2D eigenvalue weighted by Crippen LogP contribution is 2.33. The maximum Gasteiger partial charge on any atom is 0.239 e. The summed E-state index contributed by atoms with van der Waals surface area (Å²) in [5.41, 5.74) is 4.33. The van der Waals surface area contributed by atoms with Crippen molar-refractivity contribution in [3.63, 3.8) is 0 Å². The molecule has 4 rings (SSSR count). The zero-order valence-corrected chi connectivity index (χ0v) is 18.0. The Morgan fingerprint density at radius 2 is 1.90 bits per heavy atom. The van der Waals surface area contributed by atoms with Crippen LogP contribution in [-0.4, -0.2) is 21.6 Å². The minimum absolute atomic E-state index is 0.0381. The van der Waals surface area contributed by atoms with Crippen molar-refractivity contribution in [1.82, 2.24) is 9.97 Å². The summed E-state index contributed by atoms with van der Waals surface area (Å²) in [5.74, 6) is 0.397. The van der Waals surface area contributed by atoms with E-state index in [4.69, 9.17) is 4.98 Å². The lowest BCUT2D eigenvalue weighted by molar-refractivity contribution is -0.116. The first kappa shape index (κ1) is 19.6. The van der Waals surface area contributed by atoms with Gasteiger partial charge in [0.25, 0.3) is 0 Å². The number of rotatable bonds is 6. The van der Waals surface area contributed by atoms with Crippen molar-refractivity contribution in [3.05, 3.63) is 83.7 Å². The average Bonchev–Trinajstić information content (AvgIpc) is 3.19. The minimum Gasteiger partial charge on any atom is -0.283 e. The van der Waals surface area contributed by atoms with Crippen molar-refractivity contribution >= 4 is 44.4 Å². The Bertz CT molecular complexity index is 1130. The fourth-order valence-corrected chi connectivity index (χ4v) is 4.84. The molecule has 0 saturated heterocycles. The summed E-state index contributed by atoms with van der Waals surface area (Å²) >= 11 is 3.11. The lowest BCUT2D eigenvalue weighted by Crippen LogP contribution is -2.31. The van der Waals surface area contributed by atoms with Crippen LogP contribution in [0.1, 0.15) is 16.7 Å². The Labute approximate surface area is 178 Å². The van der Waals surface area contributed by atoms with Gasteiger partial charge >= 0.3 is 0 Å². The molecule has 0 spiro atoms. The van der Waals surface area contributed by atoms with Gasteiger partial charge in [0.1, 0.15) is 0 Å². The van der Waals surface area contributed by atoms with Gasteiger partial charge in [0.15, 0.2) is 5.13 Å². The predicted molar refractivity (Wildman–Crippen MR) is 122 cm³/mol. The largest absolute Gasteiger partial charge is 0.283 e. The van der Waals surface area contributed by atoms with E-state index in [0.29, 0.717) is 12.3 Å². The number of thioether (sulfide) groups is 1. The molecule has 0 unspecified atom stereocenters. The molecule has 6 heteroatoms. The summed E-state index contributed by atoms with van der Waals surface area (Å²) in [6, 6.07) is 18.1. The van der Waals surface area contributed by atoms with Gasteiger partial charge in [0, 0.05) is 17.3 Å². The van der Waals surface area contributed by atoms with E-state index in [-0.39, 0.29) is 5.91 Å². The highest BCUT2D eigenvalue weighted by atomic mass is 32.2. The van der Waals surface area contributed by atoms with Gasteiger partial charge in [-0.15, -0.1) is 11.8 Å². The van der Waals surface area contributed by atoms with Gasteiger partial charge in [-0.3, -0.25) is 14.7 Å². The van der Waals surface area contributed by atoms with E-state index in [0.717, 1.165) is 31.4 Å². The third-order valence-electron chi connectivity index (χ3n) is 4.77. The van der Waals surface area contributed by atoms with Crippen LogP contribution in [0.2, 0.25) is 0 Å². The van der Waals surface area contributed by atoms with Crippen molar-refractivity contribution in [2.24, 2.45) is 0 Å². The highest BCUT2D eigenvalue weighted by Gasteiger charge is 2.21. The first-order valence-corrected chi connectivity index (χ1v) is 11.2. The van der Waals surface area contributed by atoms with Crippen LogP contribution in [-0.2, 0) is 11.3 Å². The average molecular weight is 420 g/mol. The second kappa shape index (κ2) is 8.76. The molecular weight excluding hydrogens is 398 g/mol. The van der Waals surface area contributed by atoms with Gasteiger partial charge < -0.3 is 0 Å². The van der Waals surface area contributed by atoms with Crippen LogP contribution in [0.15, 0.2) is 71.9 Å². The van der Waals surface area contributed by atoms with Crippen molar-refractivity contribution in [2.75, 3.05) is 10.7 Å². The second-order valence-corrected chi connectivity index (χ2v) is 8.85. The molecule has 0 aliphatic rings. The van der Waals surface area contributed by atoms with Crippen LogP contribution in [0, 0.1) is 13.8 Å². The van der Waals surface area contributed by atoms with E-state index < -0.39 is 0 Å². The van der Waals surface area contributed by atoms with Crippen molar-refractivity contribution in [3.8, 4) is 0 Å².